The molecular formula is C17H28N6. The summed E-state index contributed by atoms with van der Waals surface area (Å²) in [5.74, 6) is 1.78. The van der Waals surface area contributed by atoms with Gasteiger partial charge >= 0.3 is 0 Å². The van der Waals surface area contributed by atoms with E-state index in [1.165, 1.54) is 12.8 Å². The Balaban J connectivity index is 1.58. The summed E-state index contributed by atoms with van der Waals surface area (Å²) >= 11 is 0. The molecule has 3 heterocycles. The first-order valence-corrected chi connectivity index (χ1v) is 8.51. The smallest absolute Gasteiger partial charge is 0.122 e. The molecule has 2 aromatic heterocycles. The van der Waals surface area contributed by atoms with Crippen molar-refractivity contribution in [3.05, 3.63) is 30.1 Å². The van der Waals surface area contributed by atoms with Crippen LogP contribution in [0.4, 0.5) is 0 Å². The summed E-state index contributed by atoms with van der Waals surface area (Å²) in [5, 5.41) is 8.65. The Morgan fingerprint density at radius 2 is 2.13 bits per heavy atom. The van der Waals surface area contributed by atoms with Crippen LogP contribution in [0, 0.1) is 5.92 Å². The molecule has 23 heavy (non-hydrogen) atoms. The third kappa shape index (κ3) is 3.99. The quantitative estimate of drug-likeness (QED) is 0.868. The molecule has 126 valence electrons. The number of hydrogen-bond donors (Lipinski definition) is 0. The minimum absolute atomic E-state index is 0.0645. The minimum Gasteiger partial charge on any atom is -0.337 e. The van der Waals surface area contributed by atoms with E-state index in [0.717, 1.165) is 37.7 Å². The van der Waals surface area contributed by atoms with Crippen molar-refractivity contribution in [3.8, 4) is 0 Å². The van der Waals surface area contributed by atoms with Gasteiger partial charge in [-0.1, -0.05) is 26.0 Å². The van der Waals surface area contributed by atoms with Crippen LogP contribution in [0.15, 0.2) is 18.6 Å². The van der Waals surface area contributed by atoms with Gasteiger partial charge in [0, 0.05) is 44.1 Å². The lowest BCUT2D eigenvalue weighted by atomic mass is 9.93. The molecule has 1 saturated heterocycles. The third-order valence-electron chi connectivity index (χ3n) is 4.64. The van der Waals surface area contributed by atoms with Crippen molar-refractivity contribution < 1.29 is 0 Å². The molecular weight excluding hydrogens is 288 g/mol. The van der Waals surface area contributed by atoms with Crippen LogP contribution >= 0.6 is 0 Å². The van der Waals surface area contributed by atoms with E-state index in [0.29, 0.717) is 5.92 Å². The topological polar surface area (TPSA) is 51.8 Å². The summed E-state index contributed by atoms with van der Waals surface area (Å²) < 4.78 is 4.13. The lowest BCUT2D eigenvalue weighted by Gasteiger charge is -2.32. The van der Waals surface area contributed by atoms with Gasteiger partial charge in [-0.25, -0.2) is 4.98 Å². The summed E-state index contributed by atoms with van der Waals surface area (Å²) in [6.45, 7) is 10.7. The lowest BCUT2D eigenvalue weighted by molar-refractivity contribution is 0.148. The highest BCUT2D eigenvalue weighted by Gasteiger charge is 2.23. The molecule has 6 nitrogen and oxygen atoms in total. The number of hydrogen-bond acceptors (Lipinski definition) is 4. The molecule has 1 unspecified atom stereocenters. The molecule has 0 radical (unpaired) electrons. The van der Waals surface area contributed by atoms with Gasteiger partial charge in [0.15, 0.2) is 0 Å². The van der Waals surface area contributed by atoms with Crippen molar-refractivity contribution >= 4 is 0 Å². The van der Waals surface area contributed by atoms with E-state index < -0.39 is 0 Å². The molecule has 1 aliphatic heterocycles. The molecule has 0 N–H and O–H groups in total. The van der Waals surface area contributed by atoms with Crippen molar-refractivity contribution in [2.75, 3.05) is 13.1 Å². The fraction of sp³-hybridized carbons (Fsp3) is 0.706. The van der Waals surface area contributed by atoms with Gasteiger partial charge in [0.25, 0.3) is 0 Å². The van der Waals surface area contributed by atoms with Crippen LogP contribution in [0.3, 0.4) is 0 Å². The fourth-order valence-electron chi connectivity index (χ4n) is 3.19. The van der Waals surface area contributed by atoms with Crippen molar-refractivity contribution in [2.45, 2.75) is 52.1 Å². The van der Waals surface area contributed by atoms with Crippen molar-refractivity contribution in [3.63, 3.8) is 0 Å². The SMILES string of the molecule is Cn1ccnc1CN1CCCC(Cn2cc(C(C)(C)C)nn2)C1. The van der Waals surface area contributed by atoms with E-state index in [-0.39, 0.29) is 5.41 Å². The number of rotatable bonds is 4. The molecule has 1 atom stereocenters. The highest BCUT2D eigenvalue weighted by atomic mass is 15.4. The highest BCUT2D eigenvalue weighted by Crippen LogP contribution is 2.22. The first-order chi connectivity index (χ1) is 10.9. The van der Waals surface area contributed by atoms with Crippen LogP contribution in [0.5, 0.6) is 0 Å². The Labute approximate surface area is 138 Å². The predicted molar refractivity (Wildman–Crippen MR) is 89.9 cm³/mol. The summed E-state index contributed by atoms with van der Waals surface area (Å²) in [4.78, 5) is 6.96. The Bertz CT molecular complexity index is 636. The molecule has 1 aliphatic rings. The first kappa shape index (κ1) is 16.2. The van der Waals surface area contributed by atoms with E-state index >= 15 is 0 Å². The van der Waals surface area contributed by atoms with Gasteiger partial charge in [-0.15, -0.1) is 5.10 Å². The molecule has 3 rings (SSSR count). The summed E-state index contributed by atoms with van der Waals surface area (Å²) in [5.41, 5.74) is 1.13. The number of piperidine rings is 1. The molecule has 0 aliphatic carbocycles. The molecule has 1 fully saturated rings. The van der Waals surface area contributed by atoms with Gasteiger partial charge in [-0.3, -0.25) is 9.58 Å². The van der Waals surface area contributed by atoms with Gasteiger partial charge in [0.1, 0.15) is 5.82 Å². The lowest BCUT2D eigenvalue weighted by Crippen LogP contribution is -2.37. The van der Waals surface area contributed by atoms with E-state index in [1.807, 2.05) is 17.1 Å². The molecule has 0 saturated carbocycles. The molecule has 0 aromatic carbocycles. The molecule has 6 heteroatoms. The highest BCUT2D eigenvalue weighted by molar-refractivity contribution is 5.06. The van der Waals surface area contributed by atoms with E-state index in [4.69, 9.17) is 0 Å². The van der Waals surface area contributed by atoms with Crippen molar-refractivity contribution in [1.29, 1.82) is 0 Å². The van der Waals surface area contributed by atoms with Crippen molar-refractivity contribution in [2.24, 2.45) is 13.0 Å². The molecule has 0 amide bonds. The maximum atomic E-state index is 4.44. The Kier molecular flexibility index (Phi) is 4.53. The summed E-state index contributed by atoms with van der Waals surface area (Å²) in [7, 11) is 2.06. The van der Waals surface area contributed by atoms with Gasteiger partial charge in [0.2, 0.25) is 0 Å². The standard InChI is InChI=1S/C17H28N6/c1-17(2,3)15-12-23(20-19-15)11-14-6-5-8-22(10-14)13-16-18-7-9-21(16)4/h7,9,12,14H,5-6,8,10-11,13H2,1-4H3. The number of aromatic nitrogens is 5. The summed E-state index contributed by atoms with van der Waals surface area (Å²) in [6.07, 6.45) is 8.51. The van der Waals surface area contributed by atoms with Gasteiger partial charge in [-0.05, 0) is 25.3 Å². The van der Waals surface area contributed by atoms with Crippen LogP contribution in [-0.4, -0.2) is 42.5 Å². The van der Waals surface area contributed by atoms with Crippen LogP contribution in [0.2, 0.25) is 0 Å². The third-order valence-corrected chi connectivity index (χ3v) is 4.64. The monoisotopic (exact) mass is 316 g/mol. The van der Waals surface area contributed by atoms with E-state index in [1.54, 1.807) is 0 Å². The number of nitrogens with zero attached hydrogens (tertiary/aromatic N) is 6. The normalized spacial score (nSPS) is 20.1. The maximum absolute atomic E-state index is 4.44. The second kappa shape index (κ2) is 6.43. The summed E-state index contributed by atoms with van der Waals surface area (Å²) in [6, 6.07) is 0. The minimum atomic E-state index is 0.0645. The van der Waals surface area contributed by atoms with Gasteiger partial charge in [-0.2, -0.15) is 0 Å². The second-order valence-corrected chi connectivity index (χ2v) is 7.77. The predicted octanol–water partition coefficient (Wildman–Crippen LogP) is 2.22. The molecule has 0 spiro atoms. The van der Waals surface area contributed by atoms with Gasteiger partial charge in [0.05, 0.1) is 12.2 Å². The zero-order valence-corrected chi connectivity index (χ0v) is 14.7. The Hall–Kier alpha value is -1.69. The van der Waals surface area contributed by atoms with E-state index in [9.17, 15) is 0 Å². The van der Waals surface area contributed by atoms with Crippen LogP contribution < -0.4 is 0 Å². The number of imidazole rings is 1. The fourth-order valence-corrected chi connectivity index (χ4v) is 3.19. The Morgan fingerprint density at radius 1 is 1.30 bits per heavy atom. The molecule has 2 aromatic rings. The Morgan fingerprint density at radius 3 is 2.78 bits per heavy atom. The second-order valence-electron chi connectivity index (χ2n) is 7.77. The average Bonchev–Trinajstić information content (AvgIpc) is 3.09. The zero-order valence-electron chi connectivity index (χ0n) is 14.7. The van der Waals surface area contributed by atoms with Crippen molar-refractivity contribution in [1.82, 2.24) is 29.4 Å². The molecule has 0 bridgehead atoms. The number of aryl methyl sites for hydroxylation is 1. The first-order valence-electron chi connectivity index (χ1n) is 8.51. The number of likely N-dealkylation sites (tertiary alicyclic amines) is 1. The zero-order chi connectivity index (χ0) is 16.4. The van der Waals surface area contributed by atoms with Crippen LogP contribution in [0.25, 0.3) is 0 Å². The van der Waals surface area contributed by atoms with Crippen LogP contribution in [0.1, 0.15) is 45.1 Å². The van der Waals surface area contributed by atoms with Crippen LogP contribution in [-0.2, 0) is 25.6 Å². The average molecular weight is 316 g/mol. The van der Waals surface area contributed by atoms with E-state index in [2.05, 4.69) is 58.8 Å². The van der Waals surface area contributed by atoms with Gasteiger partial charge < -0.3 is 4.57 Å². The maximum Gasteiger partial charge on any atom is 0.122 e. The largest absolute Gasteiger partial charge is 0.337 e.